The first kappa shape index (κ1) is 28.1. The topological polar surface area (TPSA) is 85.8 Å². The Labute approximate surface area is 232 Å². The number of benzene rings is 2. The summed E-state index contributed by atoms with van der Waals surface area (Å²) >= 11 is 3.49. The van der Waals surface area contributed by atoms with Gasteiger partial charge in [0.25, 0.3) is 0 Å². The smallest absolute Gasteiger partial charge is 0.229 e. The summed E-state index contributed by atoms with van der Waals surface area (Å²) in [5.41, 5.74) is 2.68. The molecule has 0 bridgehead atoms. The van der Waals surface area contributed by atoms with Crippen molar-refractivity contribution in [2.24, 2.45) is 0 Å². The molecular formula is C28H36BrFN6O2. The quantitative estimate of drug-likeness (QED) is 0.299. The van der Waals surface area contributed by atoms with Gasteiger partial charge in [-0.15, -0.1) is 0 Å². The maximum absolute atomic E-state index is 13.9. The lowest BCUT2D eigenvalue weighted by Crippen LogP contribution is -2.42. The van der Waals surface area contributed by atoms with Crippen LogP contribution in [0.5, 0.6) is 5.75 Å². The second-order valence-corrected chi connectivity index (χ2v) is 11.3. The highest BCUT2D eigenvalue weighted by Gasteiger charge is 2.24. The summed E-state index contributed by atoms with van der Waals surface area (Å²) in [6, 6.07) is 8.96. The van der Waals surface area contributed by atoms with Gasteiger partial charge in [-0.2, -0.15) is 4.98 Å². The summed E-state index contributed by atoms with van der Waals surface area (Å²) in [5.74, 6) is 1.22. The van der Waals surface area contributed by atoms with E-state index in [9.17, 15) is 9.50 Å². The lowest BCUT2D eigenvalue weighted by atomic mass is 9.96. The van der Waals surface area contributed by atoms with Gasteiger partial charge < -0.3 is 30.3 Å². The molecular weight excluding hydrogens is 551 g/mol. The highest BCUT2D eigenvalue weighted by Crippen LogP contribution is 2.37. The van der Waals surface area contributed by atoms with Crippen molar-refractivity contribution in [1.29, 1.82) is 0 Å². The molecule has 2 heterocycles. The summed E-state index contributed by atoms with van der Waals surface area (Å²) in [6.45, 7) is 7.22. The number of halogens is 2. The molecule has 38 heavy (non-hydrogen) atoms. The number of nitrogens with zero attached hydrogens (tertiary/aromatic N) is 4. The number of hydrogen-bond donors (Lipinski definition) is 3. The van der Waals surface area contributed by atoms with E-state index in [4.69, 9.17) is 4.74 Å². The minimum Gasteiger partial charge on any atom is -0.495 e. The molecule has 0 atom stereocenters. The first-order chi connectivity index (χ1) is 18.0. The number of aliphatic hydroxyl groups is 1. The minimum absolute atomic E-state index is 0.382. The summed E-state index contributed by atoms with van der Waals surface area (Å²) in [7, 11) is 5.97. The van der Waals surface area contributed by atoms with Crippen molar-refractivity contribution >= 4 is 44.8 Å². The molecule has 0 radical (unpaired) electrons. The number of hydrogen-bond acceptors (Lipinski definition) is 8. The molecule has 8 nitrogen and oxygen atoms in total. The van der Waals surface area contributed by atoms with Crippen molar-refractivity contribution in [3.8, 4) is 5.75 Å². The van der Waals surface area contributed by atoms with E-state index in [2.05, 4.69) is 66.5 Å². The molecule has 3 N–H and O–H groups in total. The fourth-order valence-corrected chi connectivity index (χ4v) is 5.03. The van der Waals surface area contributed by atoms with Crippen LogP contribution in [0.4, 0.5) is 33.2 Å². The van der Waals surface area contributed by atoms with Crippen LogP contribution in [0.15, 0.2) is 41.0 Å². The van der Waals surface area contributed by atoms with E-state index in [1.165, 1.54) is 12.1 Å². The number of anilines is 5. The predicted octanol–water partition coefficient (Wildman–Crippen LogP) is 5.94. The summed E-state index contributed by atoms with van der Waals surface area (Å²) in [5, 5.41) is 17.1. The third kappa shape index (κ3) is 6.36. The van der Waals surface area contributed by atoms with Gasteiger partial charge in [-0.1, -0.05) is 0 Å². The number of methoxy groups -OCH3 is 1. The molecule has 0 amide bonds. The van der Waals surface area contributed by atoms with Crippen LogP contribution in [0.2, 0.25) is 0 Å². The highest BCUT2D eigenvalue weighted by atomic mass is 79.9. The van der Waals surface area contributed by atoms with Gasteiger partial charge in [0, 0.05) is 48.3 Å². The third-order valence-electron chi connectivity index (χ3n) is 6.95. The molecule has 1 aliphatic rings. The van der Waals surface area contributed by atoms with Crippen molar-refractivity contribution in [2.75, 3.05) is 49.8 Å². The largest absolute Gasteiger partial charge is 0.495 e. The van der Waals surface area contributed by atoms with Crippen molar-refractivity contribution < 1.29 is 14.2 Å². The molecule has 1 saturated heterocycles. The fraction of sp³-hybridized carbons (Fsp3) is 0.429. The Bertz CT molecular complexity index is 1290. The first-order valence-corrected chi connectivity index (χ1v) is 13.4. The average Bonchev–Trinajstić information content (AvgIpc) is 2.87. The average molecular weight is 588 g/mol. The van der Waals surface area contributed by atoms with Crippen LogP contribution >= 0.6 is 15.9 Å². The lowest BCUT2D eigenvalue weighted by molar-refractivity contribution is 0.0790. The van der Waals surface area contributed by atoms with Crippen LogP contribution in [0.25, 0.3) is 0 Å². The van der Waals surface area contributed by atoms with Crippen molar-refractivity contribution in [1.82, 2.24) is 14.9 Å². The number of ether oxygens (including phenoxy) is 1. The zero-order valence-electron chi connectivity index (χ0n) is 22.8. The van der Waals surface area contributed by atoms with Crippen LogP contribution in [0, 0.1) is 12.7 Å². The summed E-state index contributed by atoms with van der Waals surface area (Å²) in [4.78, 5) is 13.7. The molecule has 204 valence electrons. The molecule has 1 fully saturated rings. The highest BCUT2D eigenvalue weighted by molar-refractivity contribution is 9.10. The van der Waals surface area contributed by atoms with Crippen molar-refractivity contribution in [3.05, 3.63) is 57.9 Å². The maximum atomic E-state index is 13.9. The van der Waals surface area contributed by atoms with Crippen LogP contribution in [0.3, 0.4) is 0 Å². The molecule has 1 aliphatic heterocycles. The second kappa shape index (κ2) is 11.4. The maximum Gasteiger partial charge on any atom is 0.229 e. The van der Waals surface area contributed by atoms with Crippen LogP contribution < -0.4 is 20.3 Å². The van der Waals surface area contributed by atoms with E-state index >= 15 is 0 Å². The van der Waals surface area contributed by atoms with E-state index in [1.54, 1.807) is 33.2 Å². The number of nitrogens with one attached hydrogen (secondary N) is 2. The fourth-order valence-electron chi connectivity index (χ4n) is 4.74. The van der Waals surface area contributed by atoms with Gasteiger partial charge in [-0.05, 0) is 93.5 Å². The molecule has 0 saturated carbocycles. The van der Waals surface area contributed by atoms with Gasteiger partial charge in [-0.3, -0.25) is 0 Å². The molecule has 1 aromatic heterocycles. The Morgan fingerprint density at radius 1 is 1.13 bits per heavy atom. The van der Waals surface area contributed by atoms with E-state index in [1.807, 2.05) is 13.0 Å². The van der Waals surface area contributed by atoms with Gasteiger partial charge in [0.15, 0.2) is 0 Å². The van der Waals surface area contributed by atoms with Gasteiger partial charge >= 0.3 is 0 Å². The van der Waals surface area contributed by atoms with Gasteiger partial charge in [0.1, 0.15) is 17.4 Å². The predicted molar refractivity (Wildman–Crippen MR) is 155 cm³/mol. The Balaban J connectivity index is 1.57. The van der Waals surface area contributed by atoms with Crippen LogP contribution in [0.1, 0.15) is 37.8 Å². The molecule has 4 rings (SSSR count). The van der Waals surface area contributed by atoms with E-state index in [-0.39, 0.29) is 0 Å². The van der Waals surface area contributed by atoms with E-state index < -0.39 is 11.4 Å². The van der Waals surface area contributed by atoms with Crippen molar-refractivity contribution in [2.45, 2.75) is 45.3 Å². The number of aryl methyl sites for hydroxylation is 1. The van der Waals surface area contributed by atoms with Gasteiger partial charge in [0.05, 0.1) is 22.9 Å². The Hall–Kier alpha value is -2.95. The number of rotatable bonds is 8. The number of aromatic nitrogens is 2. The second-order valence-electron chi connectivity index (χ2n) is 10.4. The molecule has 2 aromatic carbocycles. The third-order valence-corrected chi connectivity index (χ3v) is 7.53. The monoisotopic (exact) mass is 586 g/mol. The first-order valence-electron chi connectivity index (χ1n) is 12.6. The normalized spacial score (nSPS) is 14.6. The van der Waals surface area contributed by atoms with Crippen LogP contribution in [-0.2, 0) is 5.60 Å². The standard InChI is InChI=1S/C28H36BrFN6O2/c1-17-13-24(36-11-9-19(10-12-36)35(4)5)25(38-6)15-23(17)33-27-31-16-21(29)26(34-27)32-22-8-7-18(30)14-20(22)28(2,3)37/h7-8,13-16,19,37H,9-12H2,1-6H3,(H2,31,32,33,34). The molecule has 10 heteroatoms. The van der Waals surface area contributed by atoms with Crippen molar-refractivity contribution in [3.63, 3.8) is 0 Å². The Kier molecular flexibility index (Phi) is 8.44. The van der Waals surface area contributed by atoms with Gasteiger partial charge in [0.2, 0.25) is 5.95 Å². The SMILES string of the molecule is COc1cc(Nc2ncc(Br)c(Nc3ccc(F)cc3C(C)(C)O)n2)c(C)cc1N1CCC(N(C)C)CC1. The molecule has 3 aromatic rings. The number of piperidine rings is 1. The summed E-state index contributed by atoms with van der Waals surface area (Å²) in [6.07, 6.45) is 3.86. The van der Waals surface area contributed by atoms with E-state index in [0.717, 1.165) is 48.6 Å². The van der Waals surface area contributed by atoms with E-state index in [0.29, 0.717) is 33.5 Å². The molecule has 0 unspecified atom stereocenters. The van der Waals surface area contributed by atoms with Crippen LogP contribution in [-0.4, -0.2) is 60.3 Å². The Morgan fingerprint density at radius 3 is 2.47 bits per heavy atom. The summed E-state index contributed by atoms with van der Waals surface area (Å²) < 4.78 is 20.3. The lowest BCUT2D eigenvalue weighted by Gasteiger charge is -2.37. The van der Waals surface area contributed by atoms with Gasteiger partial charge in [-0.25, -0.2) is 9.37 Å². The minimum atomic E-state index is -1.25. The Morgan fingerprint density at radius 2 is 1.84 bits per heavy atom. The zero-order valence-corrected chi connectivity index (χ0v) is 24.4. The molecule has 0 spiro atoms. The zero-order chi connectivity index (χ0) is 27.6. The molecule has 0 aliphatic carbocycles.